The molecule has 0 bridgehead atoms. The van der Waals surface area contributed by atoms with Crippen LogP contribution in [0.4, 0.5) is 0 Å². The minimum atomic E-state index is -0.218. The molecule has 2 fully saturated rings. The Balaban J connectivity index is 0.00000192. The maximum Gasteiger partial charge on any atom is 0.234 e. The fraction of sp³-hybridized carbons (Fsp3) is 0.444. The summed E-state index contributed by atoms with van der Waals surface area (Å²) in [5.41, 5.74) is 1.94. The van der Waals surface area contributed by atoms with Gasteiger partial charge in [0.2, 0.25) is 11.8 Å². The third-order valence-corrected chi connectivity index (χ3v) is 4.31. The van der Waals surface area contributed by atoms with Gasteiger partial charge in [-0.05, 0) is 50.0 Å². The average molecular weight is 333 g/mol. The Bertz CT molecular complexity index is 625. The van der Waals surface area contributed by atoms with E-state index >= 15 is 0 Å². The second-order valence-corrected chi connectivity index (χ2v) is 5.92. The monoisotopic (exact) mass is 332 g/mol. The Morgan fingerprint density at radius 1 is 1.00 bits per heavy atom. The lowest BCUT2D eigenvalue weighted by Gasteiger charge is -2.21. The second kappa shape index (κ2) is 8.14. The molecule has 122 valence electrons. The standard InChI is InChI=1S/C18H20N2O2.ClH/c21-17-8-7-16(18(22)20-17)15-5-3-13(4-6-15)1-2-14-9-11-19-12-10-14;/h3-6,14,16,19H,7-12H2,(H,20,21,22);1H. The van der Waals surface area contributed by atoms with Crippen molar-refractivity contribution in [3.63, 3.8) is 0 Å². The van der Waals surface area contributed by atoms with Crippen molar-refractivity contribution in [2.24, 2.45) is 5.92 Å². The van der Waals surface area contributed by atoms with Gasteiger partial charge >= 0.3 is 0 Å². The summed E-state index contributed by atoms with van der Waals surface area (Å²) in [6.45, 7) is 2.10. The van der Waals surface area contributed by atoms with Crippen molar-refractivity contribution in [1.82, 2.24) is 10.6 Å². The number of hydrogen-bond acceptors (Lipinski definition) is 3. The number of benzene rings is 1. The van der Waals surface area contributed by atoms with E-state index in [1.54, 1.807) is 0 Å². The molecular weight excluding hydrogens is 312 g/mol. The number of rotatable bonds is 1. The minimum absolute atomic E-state index is 0. The van der Waals surface area contributed by atoms with E-state index in [4.69, 9.17) is 0 Å². The Morgan fingerprint density at radius 3 is 2.35 bits per heavy atom. The lowest BCUT2D eigenvalue weighted by Crippen LogP contribution is -2.39. The van der Waals surface area contributed by atoms with Crippen molar-refractivity contribution >= 4 is 24.2 Å². The molecule has 0 saturated carbocycles. The Morgan fingerprint density at radius 2 is 1.70 bits per heavy atom. The molecule has 0 radical (unpaired) electrons. The normalized spacial score (nSPS) is 21.7. The topological polar surface area (TPSA) is 58.2 Å². The fourth-order valence-corrected chi connectivity index (χ4v) is 2.96. The summed E-state index contributed by atoms with van der Waals surface area (Å²) in [7, 11) is 0. The number of carbonyl (C=O) groups excluding carboxylic acids is 2. The van der Waals surface area contributed by atoms with E-state index < -0.39 is 0 Å². The Kier molecular flexibility index (Phi) is 6.20. The summed E-state index contributed by atoms with van der Waals surface area (Å²) < 4.78 is 0. The van der Waals surface area contributed by atoms with Gasteiger partial charge in [0.25, 0.3) is 0 Å². The molecule has 0 spiro atoms. The molecule has 5 heteroatoms. The molecule has 2 saturated heterocycles. The minimum Gasteiger partial charge on any atom is -0.317 e. The van der Waals surface area contributed by atoms with Gasteiger partial charge in [-0.25, -0.2) is 0 Å². The quantitative estimate of drug-likeness (QED) is 0.610. The number of amides is 2. The first-order chi connectivity index (χ1) is 10.7. The molecule has 0 aliphatic carbocycles. The van der Waals surface area contributed by atoms with Gasteiger partial charge in [0.05, 0.1) is 5.92 Å². The SMILES string of the molecule is Cl.O=C1CCC(c2ccc(C#CC3CCNCC3)cc2)C(=O)N1. The molecule has 2 heterocycles. The molecule has 1 aromatic carbocycles. The zero-order valence-corrected chi connectivity index (χ0v) is 13.7. The first-order valence-electron chi connectivity index (χ1n) is 7.88. The highest BCUT2D eigenvalue weighted by Gasteiger charge is 2.27. The van der Waals surface area contributed by atoms with Gasteiger partial charge in [0.1, 0.15) is 0 Å². The molecule has 2 N–H and O–H groups in total. The van der Waals surface area contributed by atoms with E-state index in [1.807, 2.05) is 24.3 Å². The zero-order chi connectivity index (χ0) is 15.4. The molecule has 1 aromatic rings. The van der Waals surface area contributed by atoms with Crippen LogP contribution in [0.2, 0.25) is 0 Å². The number of piperidine rings is 2. The van der Waals surface area contributed by atoms with E-state index in [0.29, 0.717) is 18.8 Å². The largest absolute Gasteiger partial charge is 0.317 e. The van der Waals surface area contributed by atoms with Gasteiger partial charge < -0.3 is 5.32 Å². The number of carbonyl (C=O) groups is 2. The van der Waals surface area contributed by atoms with E-state index in [0.717, 1.165) is 37.1 Å². The smallest absolute Gasteiger partial charge is 0.234 e. The third kappa shape index (κ3) is 4.57. The first kappa shape index (κ1) is 17.5. The van der Waals surface area contributed by atoms with Crippen LogP contribution in [0.5, 0.6) is 0 Å². The Hall–Kier alpha value is -1.83. The molecular formula is C18H21ClN2O2. The molecule has 4 nitrogen and oxygen atoms in total. The number of imide groups is 1. The Labute approximate surface area is 142 Å². The predicted molar refractivity (Wildman–Crippen MR) is 91.3 cm³/mol. The third-order valence-electron chi connectivity index (χ3n) is 4.31. The number of nitrogens with one attached hydrogen (secondary N) is 2. The van der Waals surface area contributed by atoms with Crippen LogP contribution < -0.4 is 10.6 Å². The molecule has 2 aliphatic heterocycles. The van der Waals surface area contributed by atoms with Crippen molar-refractivity contribution in [3.05, 3.63) is 35.4 Å². The summed E-state index contributed by atoms with van der Waals surface area (Å²) >= 11 is 0. The summed E-state index contributed by atoms with van der Waals surface area (Å²) in [4.78, 5) is 23.0. The van der Waals surface area contributed by atoms with Gasteiger partial charge in [-0.15, -0.1) is 12.4 Å². The molecule has 3 rings (SSSR count). The highest BCUT2D eigenvalue weighted by molar-refractivity contribution is 6.00. The van der Waals surface area contributed by atoms with Crippen molar-refractivity contribution in [2.45, 2.75) is 31.6 Å². The van der Waals surface area contributed by atoms with Gasteiger partial charge in [-0.3, -0.25) is 14.9 Å². The van der Waals surface area contributed by atoms with Gasteiger partial charge in [-0.2, -0.15) is 0 Å². The van der Waals surface area contributed by atoms with Crippen LogP contribution in [0, 0.1) is 17.8 Å². The van der Waals surface area contributed by atoms with Crippen molar-refractivity contribution in [3.8, 4) is 11.8 Å². The average Bonchev–Trinajstić information content (AvgIpc) is 2.55. The first-order valence-corrected chi connectivity index (χ1v) is 7.88. The molecule has 23 heavy (non-hydrogen) atoms. The second-order valence-electron chi connectivity index (χ2n) is 5.92. The molecule has 2 amide bonds. The summed E-state index contributed by atoms with van der Waals surface area (Å²) in [6, 6.07) is 7.83. The van der Waals surface area contributed by atoms with E-state index in [9.17, 15) is 9.59 Å². The van der Waals surface area contributed by atoms with E-state index in [-0.39, 0.29) is 30.1 Å². The van der Waals surface area contributed by atoms with Gasteiger partial charge in [0.15, 0.2) is 0 Å². The summed E-state index contributed by atoms with van der Waals surface area (Å²) in [5.74, 6) is 6.47. The summed E-state index contributed by atoms with van der Waals surface area (Å²) in [6.07, 6.45) is 3.22. The highest BCUT2D eigenvalue weighted by atomic mass is 35.5. The summed E-state index contributed by atoms with van der Waals surface area (Å²) in [5, 5.41) is 5.73. The number of halogens is 1. The molecule has 1 unspecified atom stereocenters. The fourth-order valence-electron chi connectivity index (χ4n) is 2.96. The lowest BCUT2D eigenvalue weighted by atomic mass is 9.90. The van der Waals surface area contributed by atoms with Crippen molar-refractivity contribution in [2.75, 3.05) is 13.1 Å². The maximum absolute atomic E-state index is 11.9. The zero-order valence-electron chi connectivity index (χ0n) is 12.9. The van der Waals surface area contributed by atoms with Crippen molar-refractivity contribution in [1.29, 1.82) is 0 Å². The maximum atomic E-state index is 11.9. The highest BCUT2D eigenvalue weighted by Crippen LogP contribution is 2.24. The lowest BCUT2D eigenvalue weighted by molar-refractivity contribution is -0.134. The van der Waals surface area contributed by atoms with Gasteiger partial charge in [0, 0.05) is 17.9 Å². The van der Waals surface area contributed by atoms with Crippen LogP contribution in [-0.2, 0) is 9.59 Å². The predicted octanol–water partition coefficient (Wildman–Crippen LogP) is 1.98. The molecule has 0 aromatic heterocycles. The van der Waals surface area contributed by atoms with Gasteiger partial charge in [-0.1, -0.05) is 24.0 Å². The van der Waals surface area contributed by atoms with Crippen LogP contribution in [0.25, 0.3) is 0 Å². The van der Waals surface area contributed by atoms with Crippen LogP contribution in [0.3, 0.4) is 0 Å². The van der Waals surface area contributed by atoms with Crippen LogP contribution in [0.15, 0.2) is 24.3 Å². The van der Waals surface area contributed by atoms with Crippen LogP contribution in [-0.4, -0.2) is 24.9 Å². The van der Waals surface area contributed by atoms with E-state index in [2.05, 4.69) is 22.5 Å². The van der Waals surface area contributed by atoms with E-state index in [1.165, 1.54) is 0 Å². The molecule has 2 aliphatic rings. The molecule has 1 atom stereocenters. The van der Waals surface area contributed by atoms with Crippen LogP contribution >= 0.6 is 12.4 Å². The van der Waals surface area contributed by atoms with Crippen LogP contribution in [0.1, 0.15) is 42.7 Å². The van der Waals surface area contributed by atoms with Crippen molar-refractivity contribution < 1.29 is 9.59 Å². The number of hydrogen-bond donors (Lipinski definition) is 2.